The normalized spacial score (nSPS) is 15.5. The summed E-state index contributed by atoms with van der Waals surface area (Å²) in [6.45, 7) is 4.62. The van der Waals surface area contributed by atoms with Gasteiger partial charge in [-0.1, -0.05) is 102 Å². The van der Waals surface area contributed by atoms with Crippen molar-refractivity contribution in [3.05, 3.63) is 35.4 Å². The molecule has 0 nitrogen and oxygen atoms in total. The van der Waals surface area contributed by atoms with Crippen LogP contribution in [0.1, 0.15) is 127 Å². The van der Waals surface area contributed by atoms with Crippen molar-refractivity contribution < 1.29 is 0 Å². The molecular formula is C24H40. The Bertz CT molecular complexity index is 398. The quantitative estimate of drug-likeness (QED) is 0.338. The summed E-state index contributed by atoms with van der Waals surface area (Å²) in [6, 6.07) is 9.85. The lowest BCUT2D eigenvalue weighted by Crippen LogP contribution is -2.01. The Morgan fingerprint density at radius 2 is 1.29 bits per heavy atom. The van der Waals surface area contributed by atoms with E-state index < -0.39 is 0 Å². The second-order valence-corrected chi connectivity index (χ2v) is 8.04. The van der Waals surface area contributed by atoms with Gasteiger partial charge < -0.3 is 0 Å². The van der Waals surface area contributed by atoms with Crippen LogP contribution in [0.4, 0.5) is 0 Å². The second kappa shape index (κ2) is 11.7. The van der Waals surface area contributed by atoms with E-state index >= 15 is 0 Å². The predicted molar refractivity (Wildman–Crippen MR) is 108 cm³/mol. The zero-order chi connectivity index (χ0) is 17.0. The number of hydrogen-bond acceptors (Lipinski definition) is 0. The molecule has 24 heavy (non-hydrogen) atoms. The highest BCUT2D eigenvalue weighted by Crippen LogP contribution is 2.35. The van der Waals surface area contributed by atoms with Gasteiger partial charge in [-0.05, 0) is 48.6 Å². The van der Waals surface area contributed by atoms with E-state index in [1.54, 1.807) is 11.1 Å². The molecule has 0 N–H and O–H groups in total. The maximum absolute atomic E-state index is 2.47. The molecule has 1 aromatic rings. The van der Waals surface area contributed by atoms with Gasteiger partial charge in [0, 0.05) is 0 Å². The van der Waals surface area contributed by atoms with E-state index in [0.717, 1.165) is 11.8 Å². The Kier molecular flexibility index (Phi) is 9.54. The van der Waals surface area contributed by atoms with Gasteiger partial charge in [-0.3, -0.25) is 0 Å². The van der Waals surface area contributed by atoms with Gasteiger partial charge in [0.2, 0.25) is 0 Å². The van der Waals surface area contributed by atoms with E-state index in [2.05, 4.69) is 38.1 Å². The fraction of sp³-hybridized carbons (Fsp3) is 0.750. The lowest BCUT2D eigenvalue weighted by Gasteiger charge is -2.19. The van der Waals surface area contributed by atoms with Gasteiger partial charge in [-0.25, -0.2) is 0 Å². The zero-order valence-electron chi connectivity index (χ0n) is 16.4. The molecule has 1 aliphatic rings. The van der Waals surface area contributed by atoms with Crippen LogP contribution in [0.25, 0.3) is 0 Å². The molecule has 0 bridgehead atoms. The average Bonchev–Trinajstić information content (AvgIpc) is 3.15. The SMILES string of the molecule is CCCCCCC(CCCCCC)c1ccc(C2CCCC2)cc1. The number of benzene rings is 1. The summed E-state index contributed by atoms with van der Waals surface area (Å²) in [7, 11) is 0. The Hall–Kier alpha value is -0.780. The van der Waals surface area contributed by atoms with E-state index in [1.807, 2.05) is 0 Å². The zero-order valence-corrected chi connectivity index (χ0v) is 16.4. The Balaban J connectivity index is 1.90. The van der Waals surface area contributed by atoms with Crippen molar-refractivity contribution in [1.29, 1.82) is 0 Å². The predicted octanol–water partition coefficient (Wildman–Crippen LogP) is 8.37. The molecule has 1 aliphatic carbocycles. The van der Waals surface area contributed by atoms with Crippen LogP contribution in [0.2, 0.25) is 0 Å². The molecule has 0 aromatic heterocycles. The van der Waals surface area contributed by atoms with Crippen LogP contribution in [0.3, 0.4) is 0 Å². The van der Waals surface area contributed by atoms with Crippen molar-refractivity contribution in [3.8, 4) is 0 Å². The van der Waals surface area contributed by atoms with E-state index in [1.165, 1.54) is 89.9 Å². The highest BCUT2D eigenvalue weighted by Gasteiger charge is 2.17. The minimum atomic E-state index is 0.802. The van der Waals surface area contributed by atoms with E-state index in [9.17, 15) is 0 Å². The first-order valence-electron chi connectivity index (χ1n) is 10.9. The molecule has 0 heteroatoms. The summed E-state index contributed by atoms with van der Waals surface area (Å²) in [5, 5.41) is 0. The topological polar surface area (TPSA) is 0 Å². The molecule has 136 valence electrons. The molecule has 0 atom stereocenters. The van der Waals surface area contributed by atoms with Crippen molar-refractivity contribution in [2.24, 2.45) is 0 Å². The van der Waals surface area contributed by atoms with Gasteiger partial charge in [0.15, 0.2) is 0 Å². The van der Waals surface area contributed by atoms with Crippen LogP contribution >= 0.6 is 0 Å². The molecule has 0 unspecified atom stereocenters. The van der Waals surface area contributed by atoms with Crippen molar-refractivity contribution in [1.82, 2.24) is 0 Å². The summed E-state index contributed by atoms with van der Waals surface area (Å²) >= 11 is 0. The third-order valence-electron chi connectivity index (χ3n) is 6.05. The largest absolute Gasteiger partial charge is 0.0654 e. The summed E-state index contributed by atoms with van der Waals surface area (Å²) in [5.74, 6) is 1.66. The van der Waals surface area contributed by atoms with Gasteiger partial charge in [-0.2, -0.15) is 0 Å². The first kappa shape index (κ1) is 19.5. The maximum atomic E-state index is 2.47. The van der Waals surface area contributed by atoms with Gasteiger partial charge in [0.1, 0.15) is 0 Å². The van der Waals surface area contributed by atoms with Gasteiger partial charge in [0.25, 0.3) is 0 Å². The maximum Gasteiger partial charge on any atom is -0.0162 e. The lowest BCUT2D eigenvalue weighted by atomic mass is 9.86. The lowest BCUT2D eigenvalue weighted by molar-refractivity contribution is 0.496. The molecule has 2 rings (SSSR count). The summed E-state index contributed by atoms with van der Waals surface area (Å²) < 4.78 is 0. The third kappa shape index (κ3) is 6.61. The van der Waals surface area contributed by atoms with Crippen LogP contribution in [0, 0.1) is 0 Å². The minimum absolute atomic E-state index is 0.802. The summed E-state index contributed by atoms with van der Waals surface area (Å²) in [6.07, 6.45) is 19.7. The fourth-order valence-electron chi connectivity index (χ4n) is 4.41. The van der Waals surface area contributed by atoms with Crippen LogP contribution in [-0.2, 0) is 0 Å². The molecule has 0 radical (unpaired) electrons. The van der Waals surface area contributed by atoms with Crippen LogP contribution < -0.4 is 0 Å². The molecule has 0 amide bonds. The van der Waals surface area contributed by atoms with Gasteiger partial charge >= 0.3 is 0 Å². The average molecular weight is 329 g/mol. The smallest absolute Gasteiger partial charge is 0.0162 e. The van der Waals surface area contributed by atoms with Crippen LogP contribution in [0.5, 0.6) is 0 Å². The van der Waals surface area contributed by atoms with E-state index in [-0.39, 0.29) is 0 Å². The van der Waals surface area contributed by atoms with E-state index in [4.69, 9.17) is 0 Å². The van der Waals surface area contributed by atoms with Crippen molar-refractivity contribution in [3.63, 3.8) is 0 Å². The second-order valence-electron chi connectivity index (χ2n) is 8.04. The summed E-state index contributed by atoms with van der Waals surface area (Å²) in [5.41, 5.74) is 3.22. The van der Waals surface area contributed by atoms with Crippen LogP contribution in [-0.4, -0.2) is 0 Å². The Morgan fingerprint density at radius 1 is 0.750 bits per heavy atom. The first-order chi connectivity index (χ1) is 11.8. The molecule has 0 spiro atoms. The summed E-state index contributed by atoms with van der Waals surface area (Å²) in [4.78, 5) is 0. The standard InChI is InChI=1S/C24H40/c1-3-5-7-9-13-21(14-10-8-6-4-2)23-17-19-24(20-18-23)22-15-11-12-16-22/h17-22H,3-16H2,1-2H3. The molecule has 0 aliphatic heterocycles. The first-order valence-corrected chi connectivity index (χ1v) is 10.9. The minimum Gasteiger partial charge on any atom is -0.0654 e. The fourth-order valence-corrected chi connectivity index (χ4v) is 4.41. The molecule has 1 aromatic carbocycles. The third-order valence-corrected chi connectivity index (χ3v) is 6.05. The Morgan fingerprint density at radius 3 is 1.79 bits per heavy atom. The van der Waals surface area contributed by atoms with Crippen LogP contribution in [0.15, 0.2) is 24.3 Å². The monoisotopic (exact) mass is 328 g/mol. The van der Waals surface area contributed by atoms with Gasteiger partial charge in [0.05, 0.1) is 0 Å². The Labute approximate surface area is 151 Å². The van der Waals surface area contributed by atoms with E-state index in [0.29, 0.717) is 0 Å². The van der Waals surface area contributed by atoms with Gasteiger partial charge in [-0.15, -0.1) is 0 Å². The highest BCUT2D eigenvalue weighted by atomic mass is 14.2. The number of rotatable bonds is 12. The molecular weight excluding hydrogens is 288 g/mol. The molecule has 1 saturated carbocycles. The van der Waals surface area contributed by atoms with Crippen molar-refractivity contribution >= 4 is 0 Å². The molecule has 1 fully saturated rings. The van der Waals surface area contributed by atoms with Crippen molar-refractivity contribution in [2.45, 2.75) is 116 Å². The number of unbranched alkanes of at least 4 members (excludes halogenated alkanes) is 6. The molecule has 0 saturated heterocycles. The highest BCUT2D eigenvalue weighted by molar-refractivity contribution is 5.28. The molecule has 0 heterocycles. The van der Waals surface area contributed by atoms with Crippen molar-refractivity contribution in [2.75, 3.05) is 0 Å². The number of hydrogen-bond donors (Lipinski definition) is 0.